The van der Waals surface area contributed by atoms with Gasteiger partial charge in [-0.25, -0.2) is 4.98 Å². The van der Waals surface area contributed by atoms with Crippen molar-refractivity contribution in [3.63, 3.8) is 0 Å². The van der Waals surface area contributed by atoms with E-state index in [0.717, 1.165) is 34.0 Å². The smallest absolute Gasteiger partial charge is 0.224 e. The number of fused-ring (bicyclic) bond motifs is 1. The first-order chi connectivity index (χ1) is 12.0. The number of nitrogens with one attached hydrogen (secondary N) is 1. The molecule has 6 heteroatoms. The maximum atomic E-state index is 12.6. The lowest BCUT2D eigenvalue weighted by Crippen LogP contribution is -2.16. The molecule has 1 atom stereocenters. The van der Waals surface area contributed by atoms with Gasteiger partial charge >= 0.3 is 0 Å². The molecular formula is C19H26BrN3O2. The van der Waals surface area contributed by atoms with Gasteiger partial charge in [0.15, 0.2) is 0 Å². The number of carbonyl (C=O) groups excluding carboxylic acids is 1. The van der Waals surface area contributed by atoms with Gasteiger partial charge in [-0.15, -0.1) is 0 Å². The van der Waals surface area contributed by atoms with E-state index in [4.69, 9.17) is 0 Å². The lowest BCUT2D eigenvalue weighted by molar-refractivity contribution is -0.117. The molecule has 1 saturated carbocycles. The maximum Gasteiger partial charge on any atom is 0.224 e. The number of pyridine rings is 1. The topological polar surface area (TPSA) is 67.2 Å². The van der Waals surface area contributed by atoms with Crippen LogP contribution in [0.25, 0.3) is 11.0 Å². The van der Waals surface area contributed by atoms with Crippen LogP contribution in [-0.2, 0) is 11.3 Å². The van der Waals surface area contributed by atoms with Gasteiger partial charge in [0.05, 0.1) is 17.2 Å². The SMILES string of the molecule is C[C@@H](O)Cn1cc(NC(=O)CC2CCCCCC2)c2c(Br)ccnc21. The zero-order chi connectivity index (χ0) is 17.8. The Morgan fingerprint density at radius 1 is 1.40 bits per heavy atom. The molecule has 2 aromatic heterocycles. The molecule has 2 heterocycles. The van der Waals surface area contributed by atoms with Crippen LogP contribution in [0.1, 0.15) is 51.9 Å². The van der Waals surface area contributed by atoms with Crippen LogP contribution in [0.4, 0.5) is 5.69 Å². The van der Waals surface area contributed by atoms with Crippen LogP contribution >= 0.6 is 15.9 Å². The molecule has 0 aromatic carbocycles. The number of amides is 1. The average Bonchev–Trinajstić information content (AvgIpc) is 2.72. The standard InChI is InChI=1S/C19H26BrN3O2/c1-13(24)11-23-12-16(18-15(20)8-9-21-19(18)23)22-17(25)10-14-6-4-2-3-5-7-14/h8-9,12-14,24H,2-7,10-11H2,1H3,(H,22,25)/t13-/m1/s1. The largest absolute Gasteiger partial charge is 0.392 e. The van der Waals surface area contributed by atoms with Gasteiger partial charge in [0.25, 0.3) is 0 Å². The van der Waals surface area contributed by atoms with Crippen LogP contribution in [0.5, 0.6) is 0 Å². The molecule has 3 rings (SSSR count). The van der Waals surface area contributed by atoms with E-state index in [1.807, 2.05) is 16.8 Å². The van der Waals surface area contributed by atoms with Crippen LogP contribution in [0.15, 0.2) is 22.9 Å². The average molecular weight is 408 g/mol. The summed E-state index contributed by atoms with van der Waals surface area (Å²) in [6.07, 6.45) is 11.1. The third-order valence-electron chi connectivity index (χ3n) is 4.89. The van der Waals surface area contributed by atoms with Gasteiger partial charge in [-0.1, -0.05) is 25.7 Å². The van der Waals surface area contributed by atoms with Crippen LogP contribution in [0, 0.1) is 5.92 Å². The molecule has 0 bridgehead atoms. The lowest BCUT2D eigenvalue weighted by Gasteiger charge is -2.13. The van der Waals surface area contributed by atoms with Crippen molar-refractivity contribution in [2.75, 3.05) is 5.32 Å². The fourth-order valence-electron chi connectivity index (χ4n) is 3.73. The second-order valence-corrected chi connectivity index (χ2v) is 8.00. The highest BCUT2D eigenvalue weighted by atomic mass is 79.9. The molecule has 2 aromatic rings. The summed E-state index contributed by atoms with van der Waals surface area (Å²) in [5, 5.41) is 13.7. The number of aliphatic hydroxyl groups excluding tert-OH is 1. The second-order valence-electron chi connectivity index (χ2n) is 7.15. The first kappa shape index (κ1) is 18.4. The van der Waals surface area contributed by atoms with E-state index in [1.54, 1.807) is 13.1 Å². The Morgan fingerprint density at radius 3 is 2.80 bits per heavy atom. The Bertz CT molecular complexity index is 734. The van der Waals surface area contributed by atoms with Crippen molar-refractivity contribution in [3.05, 3.63) is 22.9 Å². The van der Waals surface area contributed by atoms with Crippen LogP contribution in [-0.4, -0.2) is 26.7 Å². The molecule has 1 aliphatic rings. The molecule has 25 heavy (non-hydrogen) atoms. The van der Waals surface area contributed by atoms with E-state index in [-0.39, 0.29) is 5.91 Å². The molecule has 1 amide bonds. The van der Waals surface area contributed by atoms with Crippen molar-refractivity contribution in [2.45, 2.75) is 64.5 Å². The Kier molecular flexibility index (Phi) is 6.12. The number of carbonyl (C=O) groups is 1. The van der Waals surface area contributed by atoms with Crippen molar-refractivity contribution in [1.29, 1.82) is 0 Å². The minimum absolute atomic E-state index is 0.0683. The predicted octanol–water partition coefficient (Wildman–Crippen LogP) is 4.48. The fourth-order valence-corrected chi connectivity index (χ4v) is 4.24. The first-order valence-corrected chi connectivity index (χ1v) is 9.95. The highest BCUT2D eigenvalue weighted by molar-refractivity contribution is 9.10. The third-order valence-corrected chi connectivity index (χ3v) is 5.55. The second kappa shape index (κ2) is 8.32. The first-order valence-electron chi connectivity index (χ1n) is 9.16. The molecule has 0 unspecified atom stereocenters. The minimum Gasteiger partial charge on any atom is -0.392 e. The number of aliphatic hydroxyl groups is 1. The number of halogens is 1. The Hall–Kier alpha value is -1.40. The van der Waals surface area contributed by atoms with E-state index < -0.39 is 6.10 Å². The van der Waals surface area contributed by atoms with Crippen LogP contribution in [0.3, 0.4) is 0 Å². The number of rotatable bonds is 5. The predicted molar refractivity (Wildman–Crippen MR) is 104 cm³/mol. The summed E-state index contributed by atoms with van der Waals surface area (Å²) >= 11 is 3.56. The van der Waals surface area contributed by atoms with Gasteiger partial charge in [0.2, 0.25) is 5.91 Å². The van der Waals surface area contributed by atoms with Gasteiger partial charge < -0.3 is 15.0 Å². The monoisotopic (exact) mass is 407 g/mol. The summed E-state index contributed by atoms with van der Waals surface area (Å²) in [7, 11) is 0. The molecule has 5 nitrogen and oxygen atoms in total. The quantitative estimate of drug-likeness (QED) is 0.717. The van der Waals surface area contributed by atoms with Crippen molar-refractivity contribution < 1.29 is 9.90 Å². The summed E-state index contributed by atoms with van der Waals surface area (Å²) in [6.45, 7) is 2.19. The summed E-state index contributed by atoms with van der Waals surface area (Å²) in [6, 6.07) is 1.87. The van der Waals surface area contributed by atoms with Crippen LogP contribution in [0.2, 0.25) is 0 Å². The zero-order valence-corrected chi connectivity index (χ0v) is 16.3. The van der Waals surface area contributed by atoms with Gasteiger partial charge in [-0.3, -0.25) is 4.79 Å². The Balaban J connectivity index is 1.79. The summed E-state index contributed by atoms with van der Waals surface area (Å²) in [5.41, 5.74) is 1.52. The van der Waals surface area contributed by atoms with Crippen molar-refractivity contribution in [1.82, 2.24) is 9.55 Å². The number of hydrogen-bond donors (Lipinski definition) is 2. The van der Waals surface area contributed by atoms with Gasteiger partial charge in [0, 0.05) is 29.8 Å². The van der Waals surface area contributed by atoms with Crippen molar-refractivity contribution in [2.24, 2.45) is 5.92 Å². The molecular weight excluding hydrogens is 382 g/mol. The number of nitrogens with zero attached hydrogens (tertiary/aromatic N) is 2. The fraction of sp³-hybridized carbons (Fsp3) is 0.579. The highest BCUT2D eigenvalue weighted by Crippen LogP contribution is 2.32. The van der Waals surface area contributed by atoms with Gasteiger partial charge in [-0.05, 0) is 47.7 Å². The molecule has 0 aliphatic heterocycles. The normalized spacial score (nSPS) is 17.4. The molecule has 1 aliphatic carbocycles. The van der Waals surface area contributed by atoms with E-state index in [9.17, 15) is 9.90 Å². The minimum atomic E-state index is -0.481. The van der Waals surface area contributed by atoms with E-state index in [1.165, 1.54) is 25.7 Å². The van der Waals surface area contributed by atoms with E-state index >= 15 is 0 Å². The molecule has 0 saturated heterocycles. The third kappa shape index (κ3) is 4.61. The molecule has 2 N–H and O–H groups in total. The van der Waals surface area contributed by atoms with Crippen molar-refractivity contribution in [3.8, 4) is 0 Å². The highest BCUT2D eigenvalue weighted by Gasteiger charge is 2.19. The van der Waals surface area contributed by atoms with Crippen molar-refractivity contribution >= 4 is 38.6 Å². The summed E-state index contributed by atoms with van der Waals surface area (Å²) in [5.74, 6) is 0.564. The number of hydrogen-bond acceptors (Lipinski definition) is 3. The Morgan fingerprint density at radius 2 is 2.12 bits per heavy atom. The Labute approximate surface area is 156 Å². The van der Waals surface area contributed by atoms with Gasteiger partial charge in [0.1, 0.15) is 5.65 Å². The summed E-state index contributed by atoms with van der Waals surface area (Å²) in [4.78, 5) is 17.0. The molecule has 0 spiro atoms. The maximum absolute atomic E-state index is 12.6. The van der Waals surface area contributed by atoms with E-state index in [0.29, 0.717) is 18.9 Å². The molecule has 1 fully saturated rings. The summed E-state index contributed by atoms with van der Waals surface area (Å²) < 4.78 is 2.79. The zero-order valence-electron chi connectivity index (χ0n) is 14.7. The van der Waals surface area contributed by atoms with Crippen LogP contribution < -0.4 is 5.32 Å². The number of aromatic nitrogens is 2. The lowest BCUT2D eigenvalue weighted by atomic mass is 9.96. The van der Waals surface area contributed by atoms with Gasteiger partial charge in [-0.2, -0.15) is 0 Å². The molecule has 136 valence electrons. The number of anilines is 1. The molecule has 0 radical (unpaired) electrons. The van der Waals surface area contributed by atoms with E-state index in [2.05, 4.69) is 26.2 Å².